The van der Waals surface area contributed by atoms with Crippen LogP contribution in [0, 0.1) is 20.8 Å². The molecule has 1 heterocycles. The van der Waals surface area contributed by atoms with Gasteiger partial charge in [0, 0.05) is 12.1 Å². The minimum Gasteiger partial charge on any atom is -0.486 e. The SMILES string of the molecule is Cc1c(C)c(S(N)(=O)=O)c(C)c2c1OC(C)(C)C2C(N)=NCCCN. The molecule has 0 saturated carbocycles. The number of fused-ring (bicyclic) bond motifs is 1. The molecular formula is C17H28N4O3S. The Morgan fingerprint density at radius 3 is 2.32 bits per heavy atom. The van der Waals surface area contributed by atoms with Gasteiger partial charge in [0.2, 0.25) is 10.0 Å². The van der Waals surface area contributed by atoms with Crippen LogP contribution in [-0.4, -0.2) is 32.9 Å². The first kappa shape index (κ1) is 19.7. The van der Waals surface area contributed by atoms with Crippen molar-refractivity contribution in [2.45, 2.75) is 57.5 Å². The van der Waals surface area contributed by atoms with E-state index in [-0.39, 0.29) is 10.8 Å². The van der Waals surface area contributed by atoms with Crippen molar-refractivity contribution < 1.29 is 13.2 Å². The van der Waals surface area contributed by atoms with Gasteiger partial charge in [-0.15, -0.1) is 0 Å². The van der Waals surface area contributed by atoms with Gasteiger partial charge in [-0.3, -0.25) is 4.99 Å². The predicted molar refractivity (Wildman–Crippen MR) is 99.6 cm³/mol. The summed E-state index contributed by atoms with van der Waals surface area (Å²) in [5, 5.41) is 5.46. The summed E-state index contributed by atoms with van der Waals surface area (Å²) in [5.74, 6) is 0.748. The Bertz CT molecular complexity index is 829. The van der Waals surface area contributed by atoms with Crippen molar-refractivity contribution in [1.29, 1.82) is 0 Å². The van der Waals surface area contributed by atoms with E-state index < -0.39 is 15.6 Å². The van der Waals surface area contributed by atoms with Crippen LogP contribution < -0.4 is 21.3 Å². The van der Waals surface area contributed by atoms with Crippen molar-refractivity contribution in [3.8, 4) is 5.75 Å². The number of rotatable bonds is 5. The van der Waals surface area contributed by atoms with Crippen molar-refractivity contribution in [1.82, 2.24) is 0 Å². The summed E-state index contributed by atoms with van der Waals surface area (Å²) >= 11 is 0. The highest BCUT2D eigenvalue weighted by atomic mass is 32.2. The Hall–Kier alpha value is -1.64. The Morgan fingerprint density at radius 1 is 1.20 bits per heavy atom. The van der Waals surface area contributed by atoms with E-state index in [0.29, 0.717) is 35.8 Å². The molecule has 0 spiro atoms. The second kappa shape index (κ2) is 6.59. The molecule has 0 bridgehead atoms. The van der Waals surface area contributed by atoms with Gasteiger partial charge in [-0.25, -0.2) is 13.6 Å². The maximum absolute atomic E-state index is 12.1. The standard InChI is InChI=1S/C17H28N4O3S/c1-9-10(2)15(25(20,22)23)11(3)12-13(16(19)21-8-6-7-18)17(4,5)24-14(9)12/h13H,6-8,18H2,1-5H3,(H2,19,21)(H2,20,22,23). The summed E-state index contributed by atoms with van der Waals surface area (Å²) in [5.41, 5.74) is 13.8. The van der Waals surface area contributed by atoms with E-state index in [1.54, 1.807) is 13.8 Å². The number of hydrogen-bond donors (Lipinski definition) is 3. The molecule has 0 fully saturated rings. The van der Waals surface area contributed by atoms with E-state index in [1.165, 1.54) is 0 Å². The maximum Gasteiger partial charge on any atom is 0.238 e. The molecule has 1 aromatic carbocycles. The lowest BCUT2D eigenvalue weighted by molar-refractivity contribution is 0.128. The van der Waals surface area contributed by atoms with E-state index in [0.717, 1.165) is 17.5 Å². The summed E-state index contributed by atoms with van der Waals surface area (Å²) in [6.07, 6.45) is 0.732. The fourth-order valence-electron chi connectivity index (χ4n) is 3.59. The van der Waals surface area contributed by atoms with Crippen LogP contribution in [0.5, 0.6) is 5.75 Å². The molecule has 7 nitrogen and oxygen atoms in total. The van der Waals surface area contributed by atoms with E-state index >= 15 is 0 Å². The number of ether oxygens (including phenoxy) is 1. The number of nitrogens with two attached hydrogens (primary N) is 3. The van der Waals surface area contributed by atoms with Crippen molar-refractivity contribution in [3.05, 3.63) is 22.3 Å². The molecule has 25 heavy (non-hydrogen) atoms. The third kappa shape index (κ3) is 3.38. The summed E-state index contributed by atoms with van der Waals surface area (Å²) in [4.78, 5) is 4.57. The van der Waals surface area contributed by atoms with Crippen molar-refractivity contribution >= 4 is 15.9 Å². The Balaban J connectivity index is 2.74. The van der Waals surface area contributed by atoms with Gasteiger partial charge in [-0.05, 0) is 64.3 Å². The second-order valence-electron chi connectivity index (χ2n) is 7.08. The van der Waals surface area contributed by atoms with Crippen LogP contribution in [0.2, 0.25) is 0 Å². The monoisotopic (exact) mass is 368 g/mol. The third-order valence-corrected chi connectivity index (χ3v) is 6.00. The first-order valence-corrected chi connectivity index (χ1v) is 9.83. The number of benzene rings is 1. The number of aliphatic imine (C=N–C) groups is 1. The lowest BCUT2D eigenvalue weighted by Crippen LogP contribution is -2.39. The molecule has 0 radical (unpaired) electrons. The molecule has 2 rings (SSSR count). The lowest BCUT2D eigenvalue weighted by Gasteiger charge is -2.26. The van der Waals surface area contributed by atoms with E-state index in [2.05, 4.69) is 4.99 Å². The summed E-state index contributed by atoms with van der Waals surface area (Å²) in [7, 11) is -3.87. The highest BCUT2D eigenvalue weighted by Crippen LogP contribution is 2.50. The Labute approximate surface area is 149 Å². The molecule has 1 unspecified atom stereocenters. The van der Waals surface area contributed by atoms with Crippen LogP contribution in [0.25, 0.3) is 0 Å². The quantitative estimate of drug-likeness (QED) is 0.408. The highest BCUT2D eigenvalue weighted by Gasteiger charge is 2.46. The maximum atomic E-state index is 12.1. The Morgan fingerprint density at radius 2 is 1.80 bits per heavy atom. The van der Waals surface area contributed by atoms with Crippen LogP contribution in [0.1, 0.15) is 48.4 Å². The first-order valence-electron chi connectivity index (χ1n) is 8.28. The lowest BCUT2D eigenvalue weighted by atomic mass is 9.82. The van der Waals surface area contributed by atoms with Gasteiger partial charge in [0.05, 0.1) is 10.8 Å². The average molecular weight is 369 g/mol. The van der Waals surface area contributed by atoms with Crippen LogP contribution in [0.4, 0.5) is 0 Å². The first-order chi connectivity index (χ1) is 11.4. The van der Waals surface area contributed by atoms with Crippen molar-refractivity contribution in [2.75, 3.05) is 13.1 Å². The van der Waals surface area contributed by atoms with Crippen molar-refractivity contribution in [3.63, 3.8) is 0 Å². The van der Waals surface area contributed by atoms with Crippen LogP contribution in [-0.2, 0) is 10.0 Å². The molecule has 1 aliphatic heterocycles. The number of amidine groups is 1. The number of hydrogen-bond acceptors (Lipinski definition) is 5. The average Bonchev–Trinajstić information content (AvgIpc) is 2.75. The van der Waals surface area contributed by atoms with Gasteiger partial charge in [-0.1, -0.05) is 0 Å². The molecule has 8 heteroatoms. The number of primary sulfonamides is 1. The van der Waals surface area contributed by atoms with Gasteiger partial charge >= 0.3 is 0 Å². The third-order valence-electron chi connectivity index (χ3n) is 4.82. The van der Waals surface area contributed by atoms with E-state index in [9.17, 15) is 8.42 Å². The molecule has 1 aliphatic rings. The largest absolute Gasteiger partial charge is 0.486 e. The highest BCUT2D eigenvalue weighted by molar-refractivity contribution is 7.89. The van der Waals surface area contributed by atoms with Gasteiger partial charge in [0.1, 0.15) is 17.2 Å². The second-order valence-corrected chi connectivity index (χ2v) is 8.58. The zero-order valence-electron chi connectivity index (χ0n) is 15.5. The van der Waals surface area contributed by atoms with Crippen LogP contribution in [0.3, 0.4) is 0 Å². The molecule has 0 aliphatic carbocycles. The van der Waals surface area contributed by atoms with Crippen LogP contribution >= 0.6 is 0 Å². The number of nitrogens with zero attached hydrogens (tertiary/aromatic N) is 1. The summed E-state index contributed by atoms with van der Waals surface area (Å²) in [6.45, 7) is 10.2. The topological polar surface area (TPSA) is 134 Å². The predicted octanol–water partition coefficient (Wildman–Crippen LogP) is 1.22. The zero-order chi connectivity index (χ0) is 19.2. The van der Waals surface area contributed by atoms with Gasteiger partial charge in [-0.2, -0.15) is 0 Å². The van der Waals surface area contributed by atoms with Crippen LogP contribution in [0.15, 0.2) is 9.89 Å². The number of sulfonamides is 1. The molecule has 0 aromatic heterocycles. The molecule has 1 aromatic rings. The van der Waals surface area contributed by atoms with Gasteiger partial charge in [0.25, 0.3) is 0 Å². The summed E-state index contributed by atoms with van der Waals surface area (Å²) < 4.78 is 30.4. The molecular weight excluding hydrogens is 340 g/mol. The van der Waals surface area contributed by atoms with Gasteiger partial charge in [0.15, 0.2) is 0 Å². The van der Waals surface area contributed by atoms with E-state index in [4.69, 9.17) is 21.3 Å². The molecule has 1 atom stereocenters. The molecule has 140 valence electrons. The normalized spacial score (nSPS) is 19.6. The van der Waals surface area contributed by atoms with E-state index in [1.807, 2.05) is 20.8 Å². The Kier molecular flexibility index (Phi) is 5.18. The molecule has 6 N–H and O–H groups in total. The minimum absolute atomic E-state index is 0.143. The molecule has 0 saturated heterocycles. The minimum atomic E-state index is -3.87. The fourth-order valence-corrected chi connectivity index (χ4v) is 4.70. The smallest absolute Gasteiger partial charge is 0.238 e. The molecule has 0 amide bonds. The summed E-state index contributed by atoms with van der Waals surface area (Å²) in [6, 6.07) is 0. The van der Waals surface area contributed by atoms with Gasteiger partial charge < -0.3 is 16.2 Å². The zero-order valence-corrected chi connectivity index (χ0v) is 16.3. The fraction of sp³-hybridized carbons (Fsp3) is 0.588. The van der Waals surface area contributed by atoms with Crippen molar-refractivity contribution in [2.24, 2.45) is 21.6 Å².